The Hall–Kier alpha value is -0.940. The standard InChI is InChI=1S/C11H11FS/c1-2-3-4-8-13-11-7-5-6-10(12)9-11/h1,5-7,9H,3-4,8H2. The Morgan fingerprint density at radius 2 is 2.31 bits per heavy atom. The van der Waals surface area contributed by atoms with E-state index in [-0.39, 0.29) is 5.82 Å². The molecule has 0 aromatic heterocycles. The molecule has 0 unspecified atom stereocenters. The van der Waals surface area contributed by atoms with E-state index in [1.165, 1.54) is 6.07 Å². The van der Waals surface area contributed by atoms with Crippen molar-refractivity contribution >= 4 is 11.8 Å². The van der Waals surface area contributed by atoms with Crippen LogP contribution < -0.4 is 0 Å². The molecule has 0 saturated carbocycles. The van der Waals surface area contributed by atoms with Crippen molar-refractivity contribution in [3.63, 3.8) is 0 Å². The molecular formula is C11H11FS. The molecule has 0 fully saturated rings. The van der Waals surface area contributed by atoms with E-state index in [1.807, 2.05) is 6.07 Å². The summed E-state index contributed by atoms with van der Waals surface area (Å²) in [6.45, 7) is 0. The summed E-state index contributed by atoms with van der Waals surface area (Å²) in [5, 5.41) is 0. The molecule has 68 valence electrons. The minimum absolute atomic E-state index is 0.179. The summed E-state index contributed by atoms with van der Waals surface area (Å²) in [7, 11) is 0. The number of rotatable bonds is 4. The largest absolute Gasteiger partial charge is 0.207 e. The first-order valence-corrected chi connectivity index (χ1v) is 5.13. The summed E-state index contributed by atoms with van der Waals surface area (Å²) in [5.41, 5.74) is 0. The molecule has 0 heterocycles. The lowest BCUT2D eigenvalue weighted by molar-refractivity contribution is 0.624. The molecule has 1 aromatic carbocycles. The van der Waals surface area contributed by atoms with E-state index in [0.717, 1.165) is 23.5 Å². The Labute approximate surface area is 82.5 Å². The van der Waals surface area contributed by atoms with Gasteiger partial charge in [-0.25, -0.2) is 4.39 Å². The van der Waals surface area contributed by atoms with Gasteiger partial charge in [0, 0.05) is 11.3 Å². The molecule has 13 heavy (non-hydrogen) atoms. The lowest BCUT2D eigenvalue weighted by atomic mass is 10.3. The van der Waals surface area contributed by atoms with Crippen LogP contribution >= 0.6 is 11.8 Å². The van der Waals surface area contributed by atoms with Gasteiger partial charge in [0.2, 0.25) is 0 Å². The fraction of sp³-hybridized carbons (Fsp3) is 0.273. The van der Waals surface area contributed by atoms with Gasteiger partial charge in [0.25, 0.3) is 0 Å². The van der Waals surface area contributed by atoms with Gasteiger partial charge in [-0.15, -0.1) is 24.1 Å². The van der Waals surface area contributed by atoms with Crippen molar-refractivity contribution < 1.29 is 4.39 Å². The molecular weight excluding hydrogens is 183 g/mol. The molecule has 2 heteroatoms. The van der Waals surface area contributed by atoms with Crippen LogP contribution in [0.4, 0.5) is 4.39 Å². The van der Waals surface area contributed by atoms with Crippen LogP contribution in [-0.4, -0.2) is 5.75 Å². The Morgan fingerprint density at radius 3 is 3.00 bits per heavy atom. The average molecular weight is 194 g/mol. The highest BCUT2D eigenvalue weighted by Gasteiger charge is 1.94. The van der Waals surface area contributed by atoms with Crippen LogP contribution in [0.3, 0.4) is 0 Å². The molecule has 1 rings (SSSR count). The van der Waals surface area contributed by atoms with E-state index >= 15 is 0 Å². The molecule has 0 aliphatic heterocycles. The van der Waals surface area contributed by atoms with Gasteiger partial charge in [0.05, 0.1) is 0 Å². The second-order valence-corrected chi connectivity index (χ2v) is 3.78. The Morgan fingerprint density at radius 1 is 1.46 bits per heavy atom. The zero-order valence-electron chi connectivity index (χ0n) is 7.29. The highest BCUT2D eigenvalue weighted by molar-refractivity contribution is 7.99. The van der Waals surface area contributed by atoms with Crippen molar-refractivity contribution in [1.29, 1.82) is 0 Å². The van der Waals surface area contributed by atoms with Gasteiger partial charge in [0.1, 0.15) is 5.82 Å². The van der Waals surface area contributed by atoms with Crippen molar-refractivity contribution in [2.24, 2.45) is 0 Å². The first-order valence-electron chi connectivity index (χ1n) is 4.15. The normalized spacial score (nSPS) is 9.54. The number of hydrogen-bond donors (Lipinski definition) is 0. The van der Waals surface area contributed by atoms with Crippen LogP contribution in [-0.2, 0) is 0 Å². The van der Waals surface area contributed by atoms with Crippen LogP contribution in [0.2, 0.25) is 0 Å². The van der Waals surface area contributed by atoms with Crippen molar-refractivity contribution in [2.75, 3.05) is 5.75 Å². The monoisotopic (exact) mass is 194 g/mol. The summed E-state index contributed by atoms with van der Waals surface area (Å²) in [5.74, 6) is 3.35. The minimum Gasteiger partial charge on any atom is -0.207 e. The number of thioether (sulfide) groups is 1. The Kier molecular flexibility index (Phi) is 4.42. The third kappa shape index (κ3) is 4.00. The van der Waals surface area contributed by atoms with Crippen LogP contribution in [0.15, 0.2) is 29.2 Å². The summed E-state index contributed by atoms with van der Waals surface area (Å²) in [4.78, 5) is 0.969. The van der Waals surface area contributed by atoms with Gasteiger partial charge in [-0.3, -0.25) is 0 Å². The quantitative estimate of drug-likeness (QED) is 0.402. The number of hydrogen-bond acceptors (Lipinski definition) is 1. The smallest absolute Gasteiger partial charge is 0.124 e. The SMILES string of the molecule is C#CCCCSc1cccc(F)c1. The maximum Gasteiger partial charge on any atom is 0.124 e. The summed E-state index contributed by atoms with van der Waals surface area (Å²) in [6, 6.07) is 6.62. The summed E-state index contributed by atoms with van der Waals surface area (Å²) >= 11 is 1.64. The maximum absolute atomic E-state index is 12.7. The number of benzene rings is 1. The predicted octanol–water partition coefficient (Wildman–Crippen LogP) is 3.33. The van der Waals surface area contributed by atoms with E-state index < -0.39 is 0 Å². The Balaban J connectivity index is 2.33. The molecule has 0 radical (unpaired) electrons. The van der Waals surface area contributed by atoms with E-state index in [2.05, 4.69) is 5.92 Å². The third-order valence-corrected chi connectivity index (χ3v) is 2.61. The second kappa shape index (κ2) is 5.66. The zero-order valence-corrected chi connectivity index (χ0v) is 8.11. The molecule has 0 saturated heterocycles. The molecule has 0 amide bonds. The van der Waals surface area contributed by atoms with Crippen molar-refractivity contribution in [3.05, 3.63) is 30.1 Å². The van der Waals surface area contributed by atoms with Crippen molar-refractivity contribution in [1.82, 2.24) is 0 Å². The molecule has 0 atom stereocenters. The maximum atomic E-state index is 12.7. The van der Waals surface area contributed by atoms with Crippen LogP contribution in [0.5, 0.6) is 0 Å². The molecule has 0 bridgehead atoms. The van der Waals surface area contributed by atoms with E-state index in [1.54, 1.807) is 23.9 Å². The summed E-state index contributed by atoms with van der Waals surface area (Å²) < 4.78 is 12.7. The lowest BCUT2D eigenvalue weighted by Gasteiger charge is -1.99. The molecule has 0 spiro atoms. The highest BCUT2D eigenvalue weighted by Crippen LogP contribution is 2.19. The fourth-order valence-corrected chi connectivity index (χ4v) is 1.82. The average Bonchev–Trinajstić information content (AvgIpc) is 2.13. The third-order valence-electron chi connectivity index (χ3n) is 1.53. The highest BCUT2D eigenvalue weighted by atomic mass is 32.2. The number of terminal acetylenes is 1. The van der Waals surface area contributed by atoms with Gasteiger partial charge in [0.15, 0.2) is 0 Å². The molecule has 0 aliphatic carbocycles. The molecule has 0 N–H and O–H groups in total. The molecule has 1 aromatic rings. The first-order chi connectivity index (χ1) is 6.33. The minimum atomic E-state index is -0.179. The first kappa shape index (κ1) is 10.1. The van der Waals surface area contributed by atoms with Crippen LogP contribution in [0.1, 0.15) is 12.8 Å². The number of halogens is 1. The van der Waals surface area contributed by atoms with Gasteiger partial charge in [-0.05, 0) is 30.4 Å². The lowest BCUT2D eigenvalue weighted by Crippen LogP contribution is -1.80. The Bertz CT molecular complexity index is 301. The van der Waals surface area contributed by atoms with Crippen molar-refractivity contribution in [3.8, 4) is 12.3 Å². The number of unbranched alkanes of at least 4 members (excludes halogenated alkanes) is 1. The van der Waals surface area contributed by atoms with Crippen molar-refractivity contribution in [2.45, 2.75) is 17.7 Å². The van der Waals surface area contributed by atoms with Gasteiger partial charge in [-0.2, -0.15) is 0 Å². The van der Waals surface area contributed by atoms with Crippen LogP contribution in [0, 0.1) is 18.2 Å². The van der Waals surface area contributed by atoms with E-state index in [0.29, 0.717) is 0 Å². The second-order valence-electron chi connectivity index (χ2n) is 2.61. The topological polar surface area (TPSA) is 0 Å². The zero-order chi connectivity index (χ0) is 9.52. The molecule has 0 nitrogen and oxygen atoms in total. The van der Waals surface area contributed by atoms with E-state index in [9.17, 15) is 4.39 Å². The van der Waals surface area contributed by atoms with Gasteiger partial charge in [-0.1, -0.05) is 6.07 Å². The molecule has 0 aliphatic rings. The van der Waals surface area contributed by atoms with Crippen LogP contribution in [0.25, 0.3) is 0 Å². The van der Waals surface area contributed by atoms with Gasteiger partial charge >= 0.3 is 0 Å². The summed E-state index contributed by atoms with van der Waals surface area (Å²) in [6.07, 6.45) is 6.89. The van der Waals surface area contributed by atoms with Gasteiger partial charge < -0.3 is 0 Å². The fourth-order valence-electron chi connectivity index (χ4n) is 0.921. The van der Waals surface area contributed by atoms with E-state index in [4.69, 9.17) is 6.42 Å². The predicted molar refractivity (Wildman–Crippen MR) is 55.2 cm³/mol.